The van der Waals surface area contributed by atoms with Crippen molar-refractivity contribution in [2.45, 2.75) is 56.6 Å². The maximum Gasteiger partial charge on any atom is 0.191 e. The van der Waals surface area contributed by atoms with E-state index in [0.717, 1.165) is 64.7 Å². The Hall–Kier alpha value is 0.270. The summed E-state index contributed by atoms with van der Waals surface area (Å²) in [6.07, 6.45) is 10.8. The average Bonchev–Trinajstić information content (AvgIpc) is 3.12. The van der Waals surface area contributed by atoms with Crippen LogP contribution in [0.5, 0.6) is 0 Å². The highest BCUT2D eigenvalue weighted by Crippen LogP contribution is 2.41. The van der Waals surface area contributed by atoms with Crippen LogP contribution in [0.25, 0.3) is 0 Å². The van der Waals surface area contributed by atoms with Crippen LogP contribution in [0, 0.1) is 5.41 Å². The molecule has 26 heavy (non-hydrogen) atoms. The Balaban J connectivity index is 0.00000338. The molecule has 5 nitrogen and oxygen atoms in total. The molecule has 0 radical (unpaired) electrons. The number of methoxy groups -OCH3 is 1. The molecule has 1 heterocycles. The lowest BCUT2D eigenvalue weighted by Gasteiger charge is -2.36. The van der Waals surface area contributed by atoms with E-state index in [1.807, 2.05) is 11.8 Å². The number of thioether (sulfide) groups is 1. The van der Waals surface area contributed by atoms with Crippen molar-refractivity contribution in [3.05, 3.63) is 0 Å². The maximum atomic E-state index is 5.55. The van der Waals surface area contributed by atoms with Crippen LogP contribution in [-0.2, 0) is 9.47 Å². The molecule has 0 unspecified atom stereocenters. The molecule has 0 aromatic heterocycles. The lowest BCUT2D eigenvalue weighted by Crippen LogP contribution is -2.48. The third-order valence-electron chi connectivity index (χ3n) is 5.83. The van der Waals surface area contributed by atoms with E-state index < -0.39 is 0 Å². The second kappa shape index (κ2) is 12.7. The Morgan fingerprint density at radius 2 is 1.85 bits per heavy atom. The third-order valence-corrected chi connectivity index (χ3v) is 7.25. The number of hydrogen-bond acceptors (Lipinski definition) is 4. The molecular weight excluding hydrogens is 461 g/mol. The molecule has 0 spiro atoms. The Kier molecular flexibility index (Phi) is 11.8. The largest absolute Gasteiger partial charge is 0.385 e. The fourth-order valence-corrected chi connectivity index (χ4v) is 4.75. The second-order valence-corrected chi connectivity index (χ2v) is 8.77. The van der Waals surface area contributed by atoms with E-state index in [0.29, 0.717) is 5.41 Å². The molecular formula is C19H38IN3O2S. The topological polar surface area (TPSA) is 54.9 Å². The zero-order valence-corrected chi connectivity index (χ0v) is 19.9. The van der Waals surface area contributed by atoms with Crippen molar-refractivity contribution < 1.29 is 9.47 Å². The van der Waals surface area contributed by atoms with Gasteiger partial charge in [-0.3, -0.25) is 4.99 Å². The Morgan fingerprint density at radius 3 is 2.42 bits per heavy atom. The van der Waals surface area contributed by atoms with E-state index in [4.69, 9.17) is 14.5 Å². The number of nitrogens with zero attached hydrogens (tertiary/aromatic N) is 1. The number of guanidine groups is 1. The van der Waals surface area contributed by atoms with E-state index in [2.05, 4.69) is 23.8 Å². The molecule has 0 aromatic rings. The summed E-state index contributed by atoms with van der Waals surface area (Å²) in [7, 11) is 1.80. The summed E-state index contributed by atoms with van der Waals surface area (Å²) in [6, 6.07) is 0. The molecule has 2 N–H and O–H groups in total. The summed E-state index contributed by atoms with van der Waals surface area (Å²) in [5.74, 6) is 0.964. The maximum absolute atomic E-state index is 5.55. The van der Waals surface area contributed by atoms with Gasteiger partial charge >= 0.3 is 0 Å². The molecule has 2 rings (SSSR count). The number of rotatable bonds is 9. The lowest BCUT2D eigenvalue weighted by atomic mass is 9.83. The summed E-state index contributed by atoms with van der Waals surface area (Å²) in [5, 5.41) is 7.04. The fraction of sp³-hybridized carbons (Fsp3) is 0.947. The zero-order chi connectivity index (χ0) is 18.0. The third kappa shape index (κ3) is 7.36. The second-order valence-electron chi connectivity index (χ2n) is 7.50. The average molecular weight is 500 g/mol. The molecule has 0 atom stereocenters. The van der Waals surface area contributed by atoms with Crippen LogP contribution >= 0.6 is 35.7 Å². The molecule has 0 aromatic carbocycles. The zero-order valence-electron chi connectivity index (χ0n) is 16.8. The fourth-order valence-electron chi connectivity index (χ4n) is 3.96. The molecule has 1 aliphatic carbocycles. The minimum Gasteiger partial charge on any atom is -0.385 e. The first-order valence-electron chi connectivity index (χ1n) is 9.82. The van der Waals surface area contributed by atoms with E-state index >= 15 is 0 Å². The molecule has 1 aliphatic heterocycles. The number of ether oxygens (including phenoxy) is 2. The van der Waals surface area contributed by atoms with Crippen LogP contribution in [0.3, 0.4) is 0 Å². The van der Waals surface area contributed by atoms with Gasteiger partial charge in [-0.15, -0.1) is 24.0 Å². The van der Waals surface area contributed by atoms with E-state index in [-0.39, 0.29) is 28.7 Å². The van der Waals surface area contributed by atoms with Crippen molar-refractivity contribution in [1.29, 1.82) is 0 Å². The SMILES string of the molecule is CCNC(=NCC1(CCOC)CCCC1)NCC1(SC)CCOCC1.I. The molecule has 1 saturated carbocycles. The molecule has 2 aliphatic rings. The van der Waals surface area contributed by atoms with Gasteiger partial charge in [0.1, 0.15) is 0 Å². The molecule has 2 fully saturated rings. The van der Waals surface area contributed by atoms with Crippen LogP contribution in [0.2, 0.25) is 0 Å². The van der Waals surface area contributed by atoms with Crippen LogP contribution in [0.15, 0.2) is 4.99 Å². The highest BCUT2D eigenvalue weighted by molar-refractivity contribution is 14.0. The Morgan fingerprint density at radius 1 is 1.15 bits per heavy atom. The molecule has 0 amide bonds. The number of nitrogens with one attached hydrogen (secondary N) is 2. The van der Waals surface area contributed by atoms with E-state index in [1.165, 1.54) is 25.7 Å². The van der Waals surface area contributed by atoms with Gasteiger partial charge in [0.05, 0.1) is 0 Å². The van der Waals surface area contributed by atoms with Crippen molar-refractivity contribution in [3.8, 4) is 0 Å². The predicted octanol–water partition coefficient (Wildman–Crippen LogP) is 3.67. The summed E-state index contributed by atoms with van der Waals surface area (Å²) >= 11 is 1.97. The standard InChI is InChI=1S/C19H37N3O2S.HI/c1-4-20-17(22-16-19(25-3)10-13-24-14-11-19)21-15-18(9-12-23-2)7-5-6-8-18;/h4-16H2,1-3H3,(H2,20,21,22);1H. The monoisotopic (exact) mass is 499 g/mol. The van der Waals surface area contributed by atoms with Gasteiger partial charge < -0.3 is 20.1 Å². The van der Waals surface area contributed by atoms with E-state index in [1.54, 1.807) is 7.11 Å². The van der Waals surface area contributed by atoms with Gasteiger partial charge in [-0.25, -0.2) is 0 Å². The summed E-state index contributed by atoms with van der Waals surface area (Å²) in [4.78, 5) is 4.97. The molecule has 7 heteroatoms. The van der Waals surface area contributed by atoms with Crippen LogP contribution < -0.4 is 10.6 Å². The predicted molar refractivity (Wildman–Crippen MR) is 123 cm³/mol. The van der Waals surface area contributed by atoms with Crippen molar-refractivity contribution in [2.75, 3.05) is 52.8 Å². The van der Waals surface area contributed by atoms with Crippen molar-refractivity contribution >= 4 is 41.7 Å². The summed E-state index contributed by atoms with van der Waals surface area (Å²) in [5.41, 5.74) is 0.342. The van der Waals surface area contributed by atoms with Gasteiger partial charge in [0.15, 0.2) is 5.96 Å². The Labute approximate surface area is 181 Å². The van der Waals surface area contributed by atoms with Crippen molar-refractivity contribution in [3.63, 3.8) is 0 Å². The number of hydrogen-bond donors (Lipinski definition) is 2. The van der Waals surface area contributed by atoms with Crippen molar-refractivity contribution in [2.24, 2.45) is 10.4 Å². The normalized spacial score (nSPS) is 21.9. The first-order valence-corrected chi connectivity index (χ1v) is 11.0. The van der Waals surface area contributed by atoms with Crippen molar-refractivity contribution in [1.82, 2.24) is 10.6 Å². The van der Waals surface area contributed by atoms with Gasteiger partial charge in [-0.05, 0) is 50.7 Å². The molecule has 0 bridgehead atoms. The van der Waals surface area contributed by atoms with Gasteiger partial charge in [-0.1, -0.05) is 12.8 Å². The van der Waals surface area contributed by atoms with Crippen LogP contribution in [-0.4, -0.2) is 63.5 Å². The van der Waals surface area contributed by atoms with Crippen LogP contribution in [0.1, 0.15) is 51.9 Å². The quantitative estimate of drug-likeness (QED) is 0.288. The summed E-state index contributed by atoms with van der Waals surface area (Å²) in [6.45, 7) is 7.47. The van der Waals surface area contributed by atoms with Gasteiger partial charge in [0.25, 0.3) is 0 Å². The minimum atomic E-state index is 0. The highest BCUT2D eigenvalue weighted by Gasteiger charge is 2.34. The first-order chi connectivity index (χ1) is 12.2. The highest BCUT2D eigenvalue weighted by atomic mass is 127. The van der Waals surface area contributed by atoms with Gasteiger partial charge in [0, 0.05) is 51.3 Å². The smallest absolute Gasteiger partial charge is 0.191 e. The molecule has 1 saturated heterocycles. The Bertz CT molecular complexity index is 412. The molecule has 154 valence electrons. The first kappa shape index (κ1) is 24.3. The van der Waals surface area contributed by atoms with E-state index in [9.17, 15) is 0 Å². The number of halogens is 1. The lowest BCUT2D eigenvalue weighted by molar-refractivity contribution is 0.0782. The minimum absolute atomic E-state index is 0. The summed E-state index contributed by atoms with van der Waals surface area (Å²) < 4.78 is 11.2. The number of aliphatic imine (C=N–C) groups is 1. The van der Waals surface area contributed by atoms with Crippen LogP contribution in [0.4, 0.5) is 0 Å². The van der Waals surface area contributed by atoms with Gasteiger partial charge in [-0.2, -0.15) is 11.8 Å². The van der Waals surface area contributed by atoms with Gasteiger partial charge in [0.2, 0.25) is 0 Å².